The molecule has 0 saturated carbocycles. The number of thiophene rings is 1. The van der Waals surface area contributed by atoms with E-state index >= 15 is 0 Å². The molecular weight excluding hydrogens is 260 g/mol. The second-order valence-electron chi connectivity index (χ2n) is 3.98. The monoisotopic (exact) mass is 272 g/mol. The number of nitrogens with zero attached hydrogens (tertiary/aromatic N) is 1. The summed E-state index contributed by atoms with van der Waals surface area (Å²) in [6.07, 6.45) is 1.62. The molecule has 1 aromatic carbocycles. The van der Waals surface area contributed by atoms with Crippen LogP contribution >= 0.6 is 11.3 Å². The van der Waals surface area contributed by atoms with Crippen LogP contribution in [-0.4, -0.2) is 4.98 Å². The largest absolute Gasteiger partial charge is 0.487 e. The van der Waals surface area contributed by atoms with Crippen LogP contribution in [0.4, 0.5) is 5.69 Å². The van der Waals surface area contributed by atoms with Gasteiger partial charge in [0.05, 0.1) is 4.88 Å². The van der Waals surface area contributed by atoms with Crippen LogP contribution in [0.25, 0.3) is 10.8 Å². The number of rotatable bonds is 4. The quantitative estimate of drug-likeness (QED) is 0.738. The second-order valence-corrected chi connectivity index (χ2v) is 4.93. The molecule has 0 bridgehead atoms. The highest BCUT2D eigenvalue weighted by atomic mass is 32.1. The molecule has 0 spiro atoms. The Hall–Kier alpha value is -2.27. The lowest BCUT2D eigenvalue weighted by Crippen LogP contribution is -1.95. The van der Waals surface area contributed by atoms with Crippen molar-refractivity contribution in [3.05, 3.63) is 53.7 Å². The van der Waals surface area contributed by atoms with E-state index in [0.717, 1.165) is 16.3 Å². The number of aromatic nitrogens is 1. The van der Waals surface area contributed by atoms with Gasteiger partial charge in [0.25, 0.3) is 0 Å². The maximum absolute atomic E-state index is 5.61. The molecule has 96 valence electrons. The zero-order valence-corrected chi connectivity index (χ0v) is 10.9. The molecular formula is C14H12N2O2S. The number of hydrogen-bond donors (Lipinski definition) is 1. The van der Waals surface area contributed by atoms with Gasteiger partial charge < -0.3 is 14.9 Å². The van der Waals surface area contributed by atoms with Crippen LogP contribution < -0.4 is 10.5 Å². The van der Waals surface area contributed by atoms with E-state index in [1.807, 2.05) is 29.6 Å². The molecule has 2 N–H and O–H groups in total. The molecule has 0 unspecified atom stereocenters. The fraction of sp³-hybridized carbons (Fsp3) is 0.0714. The van der Waals surface area contributed by atoms with Crippen molar-refractivity contribution in [3.63, 3.8) is 0 Å². The zero-order valence-electron chi connectivity index (χ0n) is 10.1. The number of anilines is 1. The third-order valence-electron chi connectivity index (χ3n) is 2.55. The third-order valence-corrected chi connectivity index (χ3v) is 3.41. The molecule has 5 heteroatoms. The van der Waals surface area contributed by atoms with Crippen LogP contribution in [-0.2, 0) is 6.61 Å². The maximum Gasteiger partial charge on any atom is 0.236 e. The fourth-order valence-corrected chi connectivity index (χ4v) is 2.26. The zero-order chi connectivity index (χ0) is 13.1. The predicted molar refractivity (Wildman–Crippen MR) is 75.0 cm³/mol. The van der Waals surface area contributed by atoms with Gasteiger partial charge >= 0.3 is 0 Å². The topological polar surface area (TPSA) is 61.3 Å². The first-order valence-electron chi connectivity index (χ1n) is 5.78. The summed E-state index contributed by atoms with van der Waals surface area (Å²) in [5, 5.41) is 1.99. The molecule has 19 heavy (non-hydrogen) atoms. The molecule has 0 aliphatic heterocycles. The Morgan fingerprint density at radius 2 is 2.05 bits per heavy atom. The summed E-state index contributed by atoms with van der Waals surface area (Å²) in [6, 6.07) is 11.2. The summed E-state index contributed by atoms with van der Waals surface area (Å²) in [6.45, 7) is 0.374. The van der Waals surface area contributed by atoms with Crippen molar-refractivity contribution in [1.82, 2.24) is 4.98 Å². The first-order valence-corrected chi connectivity index (χ1v) is 6.66. The van der Waals surface area contributed by atoms with Crippen LogP contribution in [0.15, 0.2) is 52.5 Å². The van der Waals surface area contributed by atoms with E-state index in [9.17, 15) is 0 Å². The molecule has 0 fully saturated rings. The minimum atomic E-state index is 0.374. The predicted octanol–water partition coefficient (Wildman–Crippen LogP) is 3.56. The summed E-state index contributed by atoms with van der Waals surface area (Å²) in [7, 11) is 0. The average molecular weight is 272 g/mol. The van der Waals surface area contributed by atoms with Crippen LogP contribution in [0.2, 0.25) is 0 Å². The van der Waals surface area contributed by atoms with Crippen molar-refractivity contribution in [2.24, 2.45) is 0 Å². The molecule has 0 saturated heterocycles. The number of oxazole rings is 1. The van der Waals surface area contributed by atoms with Crippen LogP contribution in [0.3, 0.4) is 0 Å². The number of nitrogen functional groups attached to an aromatic ring is 1. The molecule has 0 radical (unpaired) electrons. The van der Waals surface area contributed by atoms with E-state index in [4.69, 9.17) is 14.9 Å². The van der Waals surface area contributed by atoms with E-state index < -0.39 is 0 Å². The van der Waals surface area contributed by atoms with Gasteiger partial charge in [-0.1, -0.05) is 6.07 Å². The van der Waals surface area contributed by atoms with E-state index in [1.165, 1.54) is 0 Å². The van der Waals surface area contributed by atoms with Gasteiger partial charge in [-0.15, -0.1) is 11.3 Å². The second kappa shape index (κ2) is 5.16. The highest BCUT2D eigenvalue weighted by Crippen LogP contribution is 2.24. The number of benzene rings is 1. The molecule has 2 aromatic heterocycles. The Bertz CT molecular complexity index is 644. The molecule has 3 aromatic rings. The van der Waals surface area contributed by atoms with Gasteiger partial charge in [0.2, 0.25) is 5.89 Å². The highest BCUT2D eigenvalue weighted by Gasteiger charge is 2.07. The lowest BCUT2D eigenvalue weighted by Gasteiger charge is -2.03. The van der Waals surface area contributed by atoms with Gasteiger partial charge in [0.15, 0.2) is 0 Å². The Kier molecular flexibility index (Phi) is 3.20. The molecule has 2 heterocycles. The lowest BCUT2D eigenvalue weighted by molar-refractivity contribution is 0.301. The Morgan fingerprint density at radius 1 is 1.21 bits per heavy atom. The normalized spacial score (nSPS) is 10.5. The lowest BCUT2D eigenvalue weighted by atomic mass is 10.3. The molecule has 0 atom stereocenters. The summed E-state index contributed by atoms with van der Waals surface area (Å²) in [5.74, 6) is 1.39. The van der Waals surface area contributed by atoms with Crippen LogP contribution in [0.5, 0.6) is 5.75 Å². The first-order chi connectivity index (χ1) is 9.31. The summed E-state index contributed by atoms with van der Waals surface area (Å²) < 4.78 is 11.0. The number of hydrogen-bond acceptors (Lipinski definition) is 5. The molecule has 3 rings (SSSR count). The fourth-order valence-electron chi connectivity index (χ4n) is 1.61. The Balaban J connectivity index is 1.66. The summed E-state index contributed by atoms with van der Waals surface area (Å²) in [5.41, 5.74) is 7.09. The number of ether oxygens (including phenoxy) is 1. The van der Waals surface area contributed by atoms with Crippen molar-refractivity contribution in [3.8, 4) is 16.5 Å². The minimum Gasteiger partial charge on any atom is -0.487 e. The Morgan fingerprint density at radius 3 is 2.79 bits per heavy atom. The van der Waals surface area contributed by atoms with Gasteiger partial charge in [0.1, 0.15) is 24.3 Å². The van der Waals surface area contributed by atoms with Gasteiger partial charge in [-0.25, -0.2) is 4.98 Å². The molecule has 4 nitrogen and oxygen atoms in total. The van der Waals surface area contributed by atoms with Crippen molar-refractivity contribution >= 4 is 17.0 Å². The van der Waals surface area contributed by atoms with E-state index in [0.29, 0.717) is 18.2 Å². The molecule has 0 aliphatic carbocycles. The van der Waals surface area contributed by atoms with E-state index in [2.05, 4.69) is 4.98 Å². The SMILES string of the molecule is Nc1ccc(OCc2coc(-c3cccs3)n2)cc1. The molecule has 0 aliphatic rings. The van der Waals surface area contributed by atoms with Crippen LogP contribution in [0.1, 0.15) is 5.69 Å². The van der Waals surface area contributed by atoms with E-state index in [-0.39, 0.29) is 0 Å². The Labute approximate surface area is 114 Å². The smallest absolute Gasteiger partial charge is 0.236 e. The van der Waals surface area contributed by atoms with Crippen molar-refractivity contribution < 1.29 is 9.15 Å². The molecule has 0 amide bonds. The van der Waals surface area contributed by atoms with E-state index in [1.54, 1.807) is 29.7 Å². The van der Waals surface area contributed by atoms with Gasteiger partial charge in [-0.05, 0) is 35.7 Å². The summed E-state index contributed by atoms with van der Waals surface area (Å²) >= 11 is 1.59. The number of nitrogens with two attached hydrogens (primary N) is 1. The first kappa shape index (κ1) is 11.8. The van der Waals surface area contributed by atoms with Gasteiger partial charge in [0, 0.05) is 5.69 Å². The third kappa shape index (κ3) is 2.77. The van der Waals surface area contributed by atoms with Crippen molar-refractivity contribution in [2.75, 3.05) is 5.73 Å². The van der Waals surface area contributed by atoms with Gasteiger partial charge in [-0.2, -0.15) is 0 Å². The average Bonchev–Trinajstić information content (AvgIpc) is 3.09. The maximum atomic E-state index is 5.61. The van der Waals surface area contributed by atoms with Gasteiger partial charge in [-0.3, -0.25) is 0 Å². The van der Waals surface area contributed by atoms with Crippen LogP contribution in [0, 0.1) is 0 Å². The van der Waals surface area contributed by atoms with Crippen molar-refractivity contribution in [2.45, 2.75) is 6.61 Å². The standard InChI is InChI=1S/C14H12N2O2S/c15-10-3-5-12(6-4-10)17-8-11-9-18-14(16-11)13-2-1-7-19-13/h1-7,9H,8,15H2. The minimum absolute atomic E-state index is 0.374. The highest BCUT2D eigenvalue weighted by molar-refractivity contribution is 7.13. The van der Waals surface area contributed by atoms with Crippen molar-refractivity contribution in [1.29, 1.82) is 0 Å². The summed E-state index contributed by atoms with van der Waals surface area (Å²) in [4.78, 5) is 5.39.